The molecule has 1 fully saturated rings. The van der Waals surface area contributed by atoms with Gasteiger partial charge in [-0.25, -0.2) is 0 Å². The smallest absolute Gasteiger partial charge is 0.161 e. The van der Waals surface area contributed by atoms with Gasteiger partial charge in [0.05, 0.1) is 11.8 Å². The molecule has 4 nitrogen and oxygen atoms in total. The number of aromatic nitrogens is 2. The van der Waals surface area contributed by atoms with E-state index in [2.05, 4.69) is 28.9 Å². The Morgan fingerprint density at radius 1 is 1.50 bits per heavy atom. The molecule has 1 saturated heterocycles. The lowest BCUT2D eigenvalue weighted by atomic mass is 10.1. The van der Waals surface area contributed by atoms with Gasteiger partial charge in [0.1, 0.15) is 4.99 Å². The molecule has 1 aliphatic heterocycles. The number of thioether (sulfide) groups is 1. The Kier molecular flexibility index (Phi) is 4.07. The summed E-state index contributed by atoms with van der Waals surface area (Å²) in [6, 6.07) is 1.84. The molecule has 98 valence electrons. The van der Waals surface area contributed by atoms with Crippen LogP contribution < -0.4 is 10.6 Å². The molecule has 1 aliphatic rings. The van der Waals surface area contributed by atoms with Crippen LogP contribution in [0.5, 0.6) is 0 Å². The average Bonchev–Trinajstić information content (AvgIpc) is 2.50. The molecule has 0 spiro atoms. The second-order valence-electron chi connectivity index (χ2n) is 4.98. The van der Waals surface area contributed by atoms with Gasteiger partial charge in [0.25, 0.3) is 0 Å². The van der Waals surface area contributed by atoms with Crippen LogP contribution in [0.25, 0.3) is 0 Å². The first-order chi connectivity index (χ1) is 8.49. The van der Waals surface area contributed by atoms with E-state index in [0.29, 0.717) is 9.74 Å². The maximum absolute atomic E-state index is 5.75. The third kappa shape index (κ3) is 3.11. The first kappa shape index (κ1) is 13.5. The van der Waals surface area contributed by atoms with Crippen molar-refractivity contribution in [1.29, 1.82) is 0 Å². The minimum atomic E-state index is 0.320. The average molecular weight is 282 g/mol. The number of hydrogen-bond donors (Lipinski definition) is 1. The van der Waals surface area contributed by atoms with Gasteiger partial charge in [0.15, 0.2) is 5.82 Å². The molecule has 1 aromatic rings. The minimum absolute atomic E-state index is 0.320. The summed E-state index contributed by atoms with van der Waals surface area (Å²) in [6.07, 6.45) is 2.75. The van der Waals surface area contributed by atoms with Gasteiger partial charge in [-0.3, -0.25) is 0 Å². The van der Waals surface area contributed by atoms with Gasteiger partial charge in [-0.05, 0) is 12.5 Å². The number of anilines is 1. The fourth-order valence-electron chi connectivity index (χ4n) is 1.98. The molecule has 2 rings (SSSR count). The molecule has 0 aliphatic carbocycles. The van der Waals surface area contributed by atoms with Crippen LogP contribution in [0, 0.1) is 0 Å². The van der Waals surface area contributed by atoms with Gasteiger partial charge in [0, 0.05) is 23.6 Å². The van der Waals surface area contributed by atoms with E-state index >= 15 is 0 Å². The zero-order valence-electron chi connectivity index (χ0n) is 10.7. The van der Waals surface area contributed by atoms with Crippen LogP contribution in [0.2, 0.25) is 0 Å². The molecule has 2 heterocycles. The third-order valence-electron chi connectivity index (χ3n) is 3.10. The fourth-order valence-corrected chi connectivity index (χ4v) is 3.24. The summed E-state index contributed by atoms with van der Waals surface area (Å²) in [4.78, 5) is 2.62. The van der Waals surface area contributed by atoms with Crippen molar-refractivity contribution in [3.63, 3.8) is 0 Å². The van der Waals surface area contributed by atoms with Crippen LogP contribution in [0.3, 0.4) is 0 Å². The molecule has 2 N–H and O–H groups in total. The first-order valence-electron chi connectivity index (χ1n) is 6.00. The molecular formula is C12H18N4S2. The minimum Gasteiger partial charge on any atom is -0.389 e. The van der Waals surface area contributed by atoms with Gasteiger partial charge in [-0.1, -0.05) is 26.1 Å². The molecule has 1 aromatic heterocycles. The Bertz CT molecular complexity index is 447. The van der Waals surface area contributed by atoms with E-state index in [9.17, 15) is 0 Å². The highest BCUT2D eigenvalue weighted by Gasteiger charge is 2.25. The number of nitrogens with zero attached hydrogens (tertiary/aromatic N) is 3. The van der Waals surface area contributed by atoms with Crippen molar-refractivity contribution >= 4 is 34.8 Å². The summed E-state index contributed by atoms with van der Waals surface area (Å²) in [5.41, 5.74) is 6.57. The monoisotopic (exact) mass is 282 g/mol. The lowest BCUT2D eigenvalue weighted by molar-refractivity contribution is 0.633. The molecule has 0 amide bonds. The van der Waals surface area contributed by atoms with Crippen molar-refractivity contribution in [2.24, 2.45) is 5.73 Å². The summed E-state index contributed by atoms with van der Waals surface area (Å²) in [6.45, 7) is 6.50. The van der Waals surface area contributed by atoms with Crippen molar-refractivity contribution in [3.05, 3.63) is 17.8 Å². The molecule has 6 heteroatoms. The highest BCUT2D eigenvalue weighted by Crippen LogP contribution is 2.32. The van der Waals surface area contributed by atoms with Gasteiger partial charge in [0.2, 0.25) is 0 Å². The predicted molar refractivity (Wildman–Crippen MR) is 81.3 cm³/mol. The van der Waals surface area contributed by atoms with Crippen LogP contribution in [-0.2, 0) is 0 Å². The van der Waals surface area contributed by atoms with E-state index in [-0.39, 0.29) is 0 Å². The zero-order chi connectivity index (χ0) is 13.2. The van der Waals surface area contributed by atoms with Crippen LogP contribution >= 0.6 is 24.0 Å². The Labute approximate surface area is 117 Å². The van der Waals surface area contributed by atoms with Crippen molar-refractivity contribution in [2.45, 2.75) is 25.0 Å². The second kappa shape index (κ2) is 5.40. The van der Waals surface area contributed by atoms with Crippen LogP contribution in [0.4, 0.5) is 5.82 Å². The van der Waals surface area contributed by atoms with E-state index in [0.717, 1.165) is 36.6 Å². The second-order valence-corrected chi connectivity index (χ2v) is 7.22. The Morgan fingerprint density at radius 3 is 3.00 bits per heavy atom. The maximum Gasteiger partial charge on any atom is 0.161 e. The quantitative estimate of drug-likeness (QED) is 0.835. The van der Waals surface area contributed by atoms with E-state index in [1.165, 1.54) is 0 Å². The summed E-state index contributed by atoms with van der Waals surface area (Å²) in [5.74, 6) is 1.91. The van der Waals surface area contributed by atoms with Crippen molar-refractivity contribution < 1.29 is 0 Å². The van der Waals surface area contributed by atoms with Crippen molar-refractivity contribution in [3.8, 4) is 0 Å². The van der Waals surface area contributed by atoms with Crippen molar-refractivity contribution in [1.82, 2.24) is 10.2 Å². The lowest BCUT2D eigenvalue weighted by Crippen LogP contribution is -2.30. The maximum atomic E-state index is 5.75. The van der Waals surface area contributed by atoms with Gasteiger partial charge >= 0.3 is 0 Å². The lowest BCUT2D eigenvalue weighted by Gasteiger charge is -2.24. The first-order valence-corrected chi connectivity index (χ1v) is 7.39. The van der Waals surface area contributed by atoms with Crippen molar-refractivity contribution in [2.75, 3.05) is 23.7 Å². The number of thiocarbonyl (C=S) groups is 1. The highest BCUT2D eigenvalue weighted by atomic mass is 32.2. The topological polar surface area (TPSA) is 55.0 Å². The summed E-state index contributed by atoms with van der Waals surface area (Å²) >= 11 is 7.08. The van der Waals surface area contributed by atoms with Crippen LogP contribution in [0.1, 0.15) is 25.8 Å². The molecule has 0 bridgehead atoms. The molecule has 0 unspecified atom stereocenters. The summed E-state index contributed by atoms with van der Waals surface area (Å²) in [7, 11) is 0. The molecule has 0 atom stereocenters. The van der Waals surface area contributed by atoms with E-state index in [1.54, 1.807) is 6.20 Å². The molecular weight excluding hydrogens is 264 g/mol. The predicted octanol–water partition coefficient (Wildman–Crippen LogP) is 1.83. The SMILES string of the molecule is CC1(C)CCN(c2nnccc2C(N)=S)CCS1. The summed E-state index contributed by atoms with van der Waals surface area (Å²) < 4.78 is 0.320. The van der Waals surface area contributed by atoms with E-state index in [1.807, 2.05) is 17.8 Å². The van der Waals surface area contributed by atoms with Crippen LogP contribution in [-0.4, -0.2) is 38.8 Å². The number of hydrogen-bond acceptors (Lipinski definition) is 5. The Morgan fingerprint density at radius 2 is 2.28 bits per heavy atom. The molecule has 0 aromatic carbocycles. The van der Waals surface area contributed by atoms with Gasteiger partial charge in [-0.2, -0.15) is 16.9 Å². The molecule has 0 saturated carbocycles. The zero-order valence-corrected chi connectivity index (χ0v) is 12.4. The van der Waals surface area contributed by atoms with E-state index in [4.69, 9.17) is 18.0 Å². The highest BCUT2D eigenvalue weighted by molar-refractivity contribution is 8.00. The number of rotatable bonds is 2. The van der Waals surface area contributed by atoms with Gasteiger partial charge < -0.3 is 10.6 Å². The third-order valence-corrected chi connectivity index (χ3v) is 4.70. The van der Waals surface area contributed by atoms with Crippen LogP contribution in [0.15, 0.2) is 12.3 Å². The Balaban J connectivity index is 2.24. The molecule has 0 radical (unpaired) electrons. The Hall–Kier alpha value is -0.880. The molecule has 18 heavy (non-hydrogen) atoms. The van der Waals surface area contributed by atoms with Gasteiger partial charge in [-0.15, -0.1) is 5.10 Å². The van der Waals surface area contributed by atoms with E-state index < -0.39 is 0 Å². The fraction of sp³-hybridized carbons (Fsp3) is 0.583. The largest absolute Gasteiger partial charge is 0.389 e. The summed E-state index contributed by atoms with van der Waals surface area (Å²) in [5, 5.41) is 8.17. The normalized spacial score (nSPS) is 19.3. The number of nitrogens with two attached hydrogens (primary N) is 1. The standard InChI is InChI=1S/C12H18N4S2/c1-12(2)4-6-16(7-8-18-12)11-9(10(13)17)3-5-14-15-11/h3,5H,4,6-8H2,1-2H3,(H2,13,17).